The second kappa shape index (κ2) is 5.99. The van der Waals surface area contributed by atoms with Crippen molar-refractivity contribution < 1.29 is 29.0 Å². The molecular weight excluding hydrogens is 360 g/mol. The van der Waals surface area contributed by atoms with Gasteiger partial charge in [0.15, 0.2) is 11.4 Å². The van der Waals surface area contributed by atoms with E-state index in [1.165, 1.54) is 6.92 Å². The van der Waals surface area contributed by atoms with Gasteiger partial charge in [0.05, 0.1) is 6.10 Å². The van der Waals surface area contributed by atoms with Crippen LogP contribution >= 0.6 is 0 Å². The molecule has 28 heavy (non-hydrogen) atoms. The minimum Gasteiger partial charge on any atom is -0.462 e. The summed E-state index contributed by atoms with van der Waals surface area (Å²) >= 11 is 0. The number of esters is 1. The second-order valence-corrected chi connectivity index (χ2v) is 9.93. The summed E-state index contributed by atoms with van der Waals surface area (Å²) in [6.07, 6.45) is 0.662. The fourth-order valence-electron chi connectivity index (χ4n) is 6.39. The number of carbonyl (C=O) groups is 3. The fraction of sp³-hybridized carbons (Fsp3) is 0.773. The topological polar surface area (TPSA) is 93.2 Å². The van der Waals surface area contributed by atoms with Crippen LogP contribution in [0, 0.1) is 22.7 Å². The molecule has 0 spiro atoms. The number of ether oxygens (including phenoxy) is 2. The van der Waals surface area contributed by atoms with E-state index in [4.69, 9.17) is 9.47 Å². The number of carbonyl (C=O) groups excluding carboxylic acids is 3. The maximum absolute atomic E-state index is 13.3. The second-order valence-electron chi connectivity index (χ2n) is 9.93. The van der Waals surface area contributed by atoms with E-state index < -0.39 is 22.5 Å². The molecule has 3 aliphatic carbocycles. The molecule has 1 aliphatic heterocycles. The summed E-state index contributed by atoms with van der Waals surface area (Å²) in [5.41, 5.74) is -1.86. The molecule has 2 bridgehead atoms. The van der Waals surface area contributed by atoms with E-state index in [1.54, 1.807) is 0 Å². The van der Waals surface area contributed by atoms with Crippen molar-refractivity contribution in [2.24, 2.45) is 22.7 Å². The van der Waals surface area contributed by atoms with Crippen LogP contribution in [0.3, 0.4) is 0 Å². The molecular formula is C22H30O6. The minimum absolute atomic E-state index is 0.152. The van der Waals surface area contributed by atoms with E-state index in [9.17, 15) is 19.5 Å². The summed E-state index contributed by atoms with van der Waals surface area (Å²) in [5, 5.41) is 11.1. The predicted octanol–water partition coefficient (Wildman–Crippen LogP) is 2.37. The molecule has 1 saturated heterocycles. The van der Waals surface area contributed by atoms with E-state index in [0.717, 1.165) is 0 Å². The highest BCUT2D eigenvalue weighted by Gasteiger charge is 2.75. The van der Waals surface area contributed by atoms with Gasteiger partial charge >= 0.3 is 5.97 Å². The lowest BCUT2D eigenvalue weighted by molar-refractivity contribution is -0.174. The van der Waals surface area contributed by atoms with Crippen LogP contribution in [0.15, 0.2) is 12.2 Å². The van der Waals surface area contributed by atoms with Gasteiger partial charge in [-0.05, 0) is 37.2 Å². The van der Waals surface area contributed by atoms with Crippen LogP contribution < -0.4 is 0 Å². The number of aliphatic hydroxyl groups excluding tert-OH is 1. The van der Waals surface area contributed by atoms with Crippen LogP contribution in [-0.2, 0) is 23.9 Å². The molecule has 7 atom stereocenters. The molecule has 1 heterocycles. The van der Waals surface area contributed by atoms with Gasteiger partial charge in [-0.25, -0.2) is 0 Å². The van der Waals surface area contributed by atoms with E-state index in [0.29, 0.717) is 31.3 Å². The smallest absolute Gasteiger partial charge is 0.302 e. The average molecular weight is 390 g/mol. The molecule has 3 saturated carbocycles. The highest BCUT2D eigenvalue weighted by Crippen LogP contribution is 2.61. The SMILES string of the molecule is C=C1C(=O)[C@@]23O[C@H]2[C@H]1CCC(=O)[C@@]1(C)CC[C@@H](OC(C)=O)C(C)(C)[C@H]1C[C@@H]3O. The number of Topliss-reactive ketones (excluding diaryl/α,β-unsaturated/α-hetero) is 2. The van der Waals surface area contributed by atoms with Crippen molar-refractivity contribution >= 4 is 17.5 Å². The van der Waals surface area contributed by atoms with Crippen LogP contribution in [0.1, 0.15) is 59.8 Å². The third kappa shape index (κ3) is 2.43. The number of rotatable bonds is 1. The maximum atomic E-state index is 13.3. The number of hydrogen-bond donors (Lipinski definition) is 1. The van der Waals surface area contributed by atoms with Crippen molar-refractivity contribution in [3.8, 4) is 0 Å². The fourth-order valence-corrected chi connectivity index (χ4v) is 6.39. The van der Waals surface area contributed by atoms with E-state index in [-0.39, 0.29) is 48.0 Å². The molecule has 0 aromatic carbocycles. The van der Waals surface area contributed by atoms with Crippen LogP contribution in [0.25, 0.3) is 0 Å². The summed E-state index contributed by atoms with van der Waals surface area (Å²) in [7, 11) is 0. The van der Waals surface area contributed by atoms with Gasteiger partial charge in [0.1, 0.15) is 18.0 Å². The first-order valence-corrected chi connectivity index (χ1v) is 10.3. The van der Waals surface area contributed by atoms with Crippen LogP contribution in [-0.4, -0.2) is 46.6 Å². The highest BCUT2D eigenvalue weighted by atomic mass is 16.6. The van der Waals surface area contributed by atoms with Crippen LogP contribution in [0.5, 0.6) is 0 Å². The van der Waals surface area contributed by atoms with Crippen molar-refractivity contribution in [2.75, 3.05) is 0 Å². The Labute approximate surface area is 165 Å². The number of fused-ring (bicyclic) bond motifs is 1. The Hall–Kier alpha value is -1.53. The van der Waals surface area contributed by atoms with E-state index in [1.807, 2.05) is 20.8 Å². The molecule has 154 valence electrons. The molecule has 0 aromatic rings. The Morgan fingerprint density at radius 3 is 2.57 bits per heavy atom. The summed E-state index contributed by atoms with van der Waals surface area (Å²) in [6.45, 7) is 11.3. The molecule has 0 unspecified atom stereocenters. The Balaban J connectivity index is 1.74. The Kier molecular flexibility index (Phi) is 4.23. The van der Waals surface area contributed by atoms with Gasteiger partial charge in [0, 0.05) is 30.1 Å². The Bertz CT molecular complexity index is 769. The van der Waals surface area contributed by atoms with Gasteiger partial charge < -0.3 is 14.6 Å². The first-order valence-electron chi connectivity index (χ1n) is 10.3. The summed E-state index contributed by atoms with van der Waals surface area (Å²) < 4.78 is 11.4. The predicted molar refractivity (Wildman–Crippen MR) is 100 cm³/mol. The first kappa shape index (κ1) is 19.8. The molecule has 4 rings (SSSR count). The summed E-state index contributed by atoms with van der Waals surface area (Å²) in [6, 6.07) is 0. The average Bonchev–Trinajstić information content (AvgIpc) is 3.31. The van der Waals surface area contributed by atoms with Gasteiger partial charge in [-0.2, -0.15) is 0 Å². The third-order valence-corrected chi connectivity index (χ3v) is 8.15. The Morgan fingerprint density at radius 1 is 1.25 bits per heavy atom. The number of aliphatic hydroxyl groups is 1. The maximum Gasteiger partial charge on any atom is 0.302 e. The van der Waals surface area contributed by atoms with Crippen molar-refractivity contribution in [1.29, 1.82) is 0 Å². The van der Waals surface area contributed by atoms with Gasteiger partial charge in [-0.15, -0.1) is 0 Å². The zero-order valence-corrected chi connectivity index (χ0v) is 17.1. The first-order chi connectivity index (χ1) is 13.0. The standard InChI is InChI=1S/C22H30O6/c1-11-13-6-7-15(24)21(5)9-8-17(27-12(2)23)20(3,4)14(21)10-16(25)22(18(11)26)19(13)28-22/h13-14,16-17,19,25H,1,6-10H2,2-5H3/t13-,14+,16-,17+,19-,21-,22+/m0/s1. The Morgan fingerprint density at radius 2 is 1.93 bits per heavy atom. The molecule has 4 fully saturated rings. The zero-order valence-electron chi connectivity index (χ0n) is 17.1. The summed E-state index contributed by atoms with van der Waals surface area (Å²) in [4.78, 5) is 37.8. The van der Waals surface area contributed by atoms with E-state index in [2.05, 4.69) is 6.58 Å². The van der Waals surface area contributed by atoms with Crippen molar-refractivity contribution in [3.05, 3.63) is 12.2 Å². The minimum atomic E-state index is -1.19. The zero-order chi connectivity index (χ0) is 20.6. The van der Waals surface area contributed by atoms with Gasteiger partial charge in [0.2, 0.25) is 0 Å². The lowest BCUT2D eigenvalue weighted by Gasteiger charge is -2.54. The molecule has 6 heteroatoms. The largest absolute Gasteiger partial charge is 0.462 e. The number of ketones is 2. The van der Waals surface area contributed by atoms with E-state index >= 15 is 0 Å². The molecule has 6 nitrogen and oxygen atoms in total. The monoisotopic (exact) mass is 390 g/mol. The quantitative estimate of drug-likeness (QED) is 0.420. The van der Waals surface area contributed by atoms with Gasteiger partial charge in [-0.1, -0.05) is 27.4 Å². The van der Waals surface area contributed by atoms with Crippen LogP contribution in [0.4, 0.5) is 0 Å². The molecule has 1 N–H and O–H groups in total. The van der Waals surface area contributed by atoms with Crippen LogP contribution in [0.2, 0.25) is 0 Å². The normalized spacial score (nSPS) is 47.2. The lowest BCUT2D eigenvalue weighted by atomic mass is 9.51. The summed E-state index contributed by atoms with van der Waals surface area (Å²) in [5.74, 6) is -0.826. The number of hydrogen-bond acceptors (Lipinski definition) is 6. The van der Waals surface area contributed by atoms with Gasteiger partial charge in [-0.3, -0.25) is 14.4 Å². The van der Waals surface area contributed by atoms with Gasteiger partial charge in [0.25, 0.3) is 0 Å². The van der Waals surface area contributed by atoms with Crippen molar-refractivity contribution in [3.63, 3.8) is 0 Å². The van der Waals surface area contributed by atoms with Crippen molar-refractivity contribution in [1.82, 2.24) is 0 Å². The molecule has 4 aliphatic rings. The third-order valence-electron chi connectivity index (χ3n) is 8.15. The molecule has 0 amide bonds. The number of epoxide rings is 1. The lowest BCUT2D eigenvalue weighted by Crippen LogP contribution is -2.56. The molecule has 0 aromatic heterocycles. The van der Waals surface area contributed by atoms with Crippen molar-refractivity contribution in [2.45, 2.75) is 83.7 Å². The highest BCUT2D eigenvalue weighted by molar-refractivity contribution is 6.08. The molecule has 0 radical (unpaired) electrons.